The van der Waals surface area contributed by atoms with Crippen LogP contribution >= 0.6 is 11.6 Å². The molecule has 0 aliphatic carbocycles. The van der Waals surface area contributed by atoms with E-state index in [1.54, 1.807) is 6.07 Å². The summed E-state index contributed by atoms with van der Waals surface area (Å²) in [6, 6.07) is 9.92. The van der Waals surface area contributed by atoms with Crippen LogP contribution in [0, 0.1) is 6.92 Å². The smallest absolute Gasteiger partial charge is 0.156 e. The average Bonchev–Trinajstić information content (AvgIpc) is 2.36. The van der Waals surface area contributed by atoms with E-state index < -0.39 is 0 Å². The Morgan fingerprint density at radius 2 is 1.89 bits per heavy atom. The van der Waals surface area contributed by atoms with Crippen molar-refractivity contribution in [2.24, 2.45) is 0 Å². The molecule has 0 N–H and O–H groups in total. The van der Waals surface area contributed by atoms with Gasteiger partial charge < -0.3 is 4.74 Å². The van der Waals surface area contributed by atoms with Crippen molar-refractivity contribution in [1.29, 1.82) is 0 Å². The van der Waals surface area contributed by atoms with E-state index in [4.69, 9.17) is 16.3 Å². The third-order valence-corrected chi connectivity index (χ3v) is 2.72. The van der Waals surface area contributed by atoms with Crippen LogP contribution in [0.1, 0.15) is 18.3 Å². The molecule has 0 unspecified atom stereocenters. The molecule has 0 bridgehead atoms. The van der Waals surface area contributed by atoms with Gasteiger partial charge in [-0.1, -0.05) is 41.4 Å². The molecule has 2 aromatic rings. The lowest BCUT2D eigenvalue weighted by Gasteiger charge is -2.06. The maximum atomic E-state index is 6.00. The Labute approximate surface area is 112 Å². The van der Waals surface area contributed by atoms with E-state index in [9.17, 15) is 0 Å². The van der Waals surface area contributed by atoms with Crippen molar-refractivity contribution in [2.75, 3.05) is 6.61 Å². The van der Waals surface area contributed by atoms with E-state index in [1.165, 1.54) is 5.56 Å². The normalized spacial score (nSPS) is 10.6. The number of aromatic nitrogens is 2. The standard InChI is InChI=1S/C14H15ClN2O/c1-3-18-9-14-16-12(8-13(15)17-14)11-6-4-10(2)5-7-11/h4-8H,3,9H2,1-2H3. The van der Waals surface area contributed by atoms with Gasteiger partial charge in [-0.2, -0.15) is 0 Å². The van der Waals surface area contributed by atoms with E-state index in [1.807, 2.05) is 31.2 Å². The second kappa shape index (κ2) is 5.94. The fourth-order valence-corrected chi connectivity index (χ4v) is 1.80. The van der Waals surface area contributed by atoms with Gasteiger partial charge in [-0.25, -0.2) is 9.97 Å². The summed E-state index contributed by atoms with van der Waals surface area (Å²) in [5.74, 6) is 0.611. The zero-order chi connectivity index (χ0) is 13.0. The zero-order valence-corrected chi connectivity index (χ0v) is 11.2. The molecule has 0 atom stereocenters. The Morgan fingerprint density at radius 3 is 2.56 bits per heavy atom. The lowest BCUT2D eigenvalue weighted by Crippen LogP contribution is -2.00. The highest BCUT2D eigenvalue weighted by molar-refractivity contribution is 6.29. The van der Waals surface area contributed by atoms with Gasteiger partial charge in [0.05, 0.1) is 5.69 Å². The summed E-state index contributed by atoms with van der Waals surface area (Å²) in [5.41, 5.74) is 3.07. The molecule has 1 aromatic carbocycles. The summed E-state index contributed by atoms with van der Waals surface area (Å²) >= 11 is 6.00. The topological polar surface area (TPSA) is 35.0 Å². The largest absolute Gasteiger partial charge is 0.374 e. The van der Waals surface area contributed by atoms with Gasteiger partial charge in [0.2, 0.25) is 0 Å². The fourth-order valence-electron chi connectivity index (χ4n) is 1.59. The maximum absolute atomic E-state index is 6.00. The van der Waals surface area contributed by atoms with Gasteiger partial charge >= 0.3 is 0 Å². The molecular weight excluding hydrogens is 248 g/mol. The Kier molecular flexibility index (Phi) is 4.28. The van der Waals surface area contributed by atoms with E-state index in [0.29, 0.717) is 24.2 Å². The molecule has 0 saturated heterocycles. The average molecular weight is 263 g/mol. The number of hydrogen-bond donors (Lipinski definition) is 0. The Bertz CT molecular complexity index is 526. The van der Waals surface area contributed by atoms with Crippen molar-refractivity contribution in [1.82, 2.24) is 9.97 Å². The van der Waals surface area contributed by atoms with E-state index in [0.717, 1.165) is 11.3 Å². The van der Waals surface area contributed by atoms with Crippen LogP contribution in [0.2, 0.25) is 5.15 Å². The summed E-state index contributed by atoms with van der Waals surface area (Å²) in [4.78, 5) is 8.59. The van der Waals surface area contributed by atoms with Crippen molar-refractivity contribution in [3.05, 3.63) is 46.9 Å². The predicted octanol–water partition coefficient (Wildman–Crippen LogP) is 3.64. The van der Waals surface area contributed by atoms with Crippen molar-refractivity contribution in [3.63, 3.8) is 0 Å². The SMILES string of the molecule is CCOCc1nc(Cl)cc(-c2ccc(C)cc2)n1. The third kappa shape index (κ3) is 3.28. The Balaban J connectivity index is 2.32. The number of ether oxygens (including phenoxy) is 1. The van der Waals surface area contributed by atoms with E-state index in [-0.39, 0.29) is 0 Å². The first-order valence-corrected chi connectivity index (χ1v) is 6.25. The van der Waals surface area contributed by atoms with Crippen LogP contribution < -0.4 is 0 Å². The number of benzene rings is 1. The van der Waals surface area contributed by atoms with Gasteiger partial charge in [0.25, 0.3) is 0 Å². The summed E-state index contributed by atoms with van der Waals surface area (Å²) in [5, 5.41) is 0.440. The minimum atomic E-state index is 0.385. The Hall–Kier alpha value is -1.45. The molecule has 0 fully saturated rings. The number of hydrogen-bond acceptors (Lipinski definition) is 3. The van der Waals surface area contributed by atoms with Gasteiger partial charge in [-0.05, 0) is 13.8 Å². The minimum Gasteiger partial charge on any atom is -0.374 e. The molecule has 1 heterocycles. The molecule has 3 nitrogen and oxygen atoms in total. The summed E-state index contributed by atoms with van der Waals surface area (Å²) in [6.45, 7) is 5.01. The maximum Gasteiger partial charge on any atom is 0.156 e. The van der Waals surface area contributed by atoms with Gasteiger partial charge in [0.15, 0.2) is 5.82 Å². The highest BCUT2D eigenvalue weighted by Gasteiger charge is 2.05. The molecule has 94 valence electrons. The number of nitrogens with zero attached hydrogens (tertiary/aromatic N) is 2. The molecule has 0 aliphatic heterocycles. The second-order valence-corrected chi connectivity index (χ2v) is 4.38. The lowest BCUT2D eigenvalue weighted by atomic mass is 10.1. The second-order valence-electron chi connectivity index (χ2n) is 4.00. The molecule has 0 spiro atoms. The molecule has 1 aromatic heterocycles. The van der Waals surface area contributed by atoms with E-state index >= 15 is 0 Å². The highest BCUT2D eigenvalue weighted by Crippen LogP contribution is 2.20. The molecule has 0 amide bonds. The first-order chi connectivity index (χ1) is 8.69. The molecule has 4 heteroatoms. The van der Waals surface area contributed by atoms with Gasteiger partial charge in [-0.3, -0.25) is 0 Å². The zero-order valence-electron chi connectivity index (χ0n) is 10.5. The predicted molar refractivity (Wildman–Crippen MR) is 72.5 cm³/mol. The molecule has 0 saturated carbocycles. The molecule has 0 radical (unpaired) electrons. The van der Waals surface area contributed by atoms with Crippen molar-refractivity contribution >= 4 is 11.6 Å². The molecule has 0 aliphatic rings. The first kappa shape index (κ1) is 13.0. The van der Waals surface area contributed by atoms with Gasteiger partial charge in [0.1, 0.15) is 11.8 Å². The molecule has 2 rings (SSSR count). The monoisotopic (exact) mass is 262 g/mol. The van der Waals surface area contributed by atoms with Crippen molar-refractivity contribution in [2.45, 2.75) is 20.5 Å². The first-order valence-electron chi connectivity index (χ1n) is 5.87. The van der Waals surface area contributed by atoms with Gasteiger partial charge in [-0.15, -0.1) is 0 Å². The summed E-state index contributed by atoms with van der Waals surface area (Å²) < 4.78 is 5.30. The lowest BCUT2D eigenvalue weighted by molar-refractivity contribution is 0.128. The fraction of sp³-hybridized carbons (Fsp3) is 0.286. The minimum absolute atomic E-state index is 0.385. The van der Waals surface area contributed by atoms with Crippen LogP contribution in [-0.4, -0.2) is 16.6 Å². The van der Waals surface area contributed by atoms with Crippen LogP contribution in [0.4, 0.5) is 0 Å². The number of rotatable bonds is 4. The number of aryl methyl sites for hydroxylation is 1. The quantitative estimate of drug-likeness (QED) is 0.789. The summed E-state index contributed by atoms with van der Waals surface area (Å²) in [7, 11) is 0. The van der Waals surface area contributed by atoms with Crippen molar-refractivity contribution < 1.29 is 4.74 Å². The Morgan fingerprint density at radius 1 is 1.17 bits per heavy atom. The van der Waals surface area contributed by atoms with Crippen LogP contribution in [-0.2, 0) is 11.3 Å². The van der Waals surface area contributed by atoms with Crippen LogP contribution in [0.5, 0.6) is 0 Å². The van der Waals surface area contributed by atoms with Crippen LogP contribution in [0.15, 0.2) is 30.3 Å². The molecular formula is C14H15ClN2O. The van der Waals surface area contributed by atoms with Crippen LogP contribution in [0.25, 0.3) is 11.3 Å². The van der Waals surface area contributed by atoms with Crippen LogP contribution in [0.3, 0.4) is 0 Å². The number of halogens is 1. The third-order valence-electron chi connectivity index (χ3n) is 2.52. The van der Waals surface area contributed by atoms with Crippen molar-refractivity contribution in [3.8, 4) is 11.3 Å². The van der Waals surface area contributed by atoms with E-state index in [2.05, 4.69) is 16.9 Å². The molecule has 18 heavy (non-hydrogen) atoms. The van der Waals surface area contributed by atoms with Gasteiger partial charge in [0, 0.05) is 18.2 Å². The highest BCUT2D eigenvalue weighted by atomic mass is 35.5. The summed E-state index contributed by atoms with van der Waals surface area (Å²) in [6.07, 6.45) is 0.